The molecule has 0 unspecified atom stereocenters. The van der Waals surface area contributed by atoms with E-state index in [0.29, 0.717) is 18.5 Å². The minimum Gasteiger partial charge on any atom is -0.490 e. The Morgan fingerprint density at radius 2 is 1.57 bits per heavy atom. The van der Waals surface area contributed by atoms with Crippen LogP contribution in [0.25, 0.3) is 11.1 Å². The van der Waals surface area contributed by atoms with Crippen LogP contribution in [0.5, 0.6) is 11.6 Å². The number of aliphatic hydroxyl groups is 1. The molecule has 2 heterocycles. The molecule has 0 spiro atoms. The van der Waals surface area contributed by atoms with Crippen LogP contribution in [0, 0.1) is 0 Å². The Kier molecular flexibility index (Phi) is 12.9. The molecule has 0 atom stereocenters. The molecule has 37 heavy (non-hydrogen) atoms. The van der Waals surface area contributed by atoms with Crippen molar-refractivity contribution in [3.8, 4) is 22.8 Å². The minimum atomic E-state index is -0.667. The Bertz CT molecular complexity index is 923. The fourth-order valence-corrected chi connectivity index (χ4v) is 5.23. The van der Waals surface area contributed by atoms with Crippen molar-refractivity contribution in [3.05, 3.63) is 36.0 Å². The number of β-amino-alcohol motifs (C(OH)–C–C–N with tert-alkyl or cyclic N) is 1. The minimum absolute atomic E-state index is 0. The van der Waals surface area contributed by atoms with Gasteiger partial charge < -0.3 is 19.5 Å². The fourth-order valence-electron chi connectivity index (χ4n) is 5.23. The van der Waals surface area contributed by atoms with Gasteiger partial charge in [0.1, 0.15) is 11.9 Å². The number of piperidine rings is 1. The Balaban J connectivity index is 0.00000241. The van der Waals surface area contributed by atoms with Gasteiger partial charge in [-0.2, -0.15) is 5.10 Å². The number of benzene rings is 1. The second-order valence-electron chi connectivity index (χ2n) is 11.0. The summed E-state index contributed by atoms with van der Waals surface area (Å²) in [6.45, 7) is 8.46. The van der Waals surface area contributed by atoms with E-state index in [1.54, 1.807) is 0 Å². The number of ether oxygens (including phenoxy) is 2. The van der Waals surface area contributed by atoms with Gasteiger partial charge in [0.15, 0.2) is 0 Å². The molecule has 208 valence electrons. The number of likely N-dealkylation sites (tertiary alicyclic amines) is 1. The fraction of sp³-hybridized carbons (Fsp3) is 0.655. The lowest BCUT2D eigenvalue weighted by Crippen LogP contribution is -2.45. The molecule has 0 radical (unpaired) electrons. The van der Waals surface area contributed by atoms with Crippen LogP contribution in [-0.4, -0.2) is 57.6 Å². The van der Waals surface area contributed by atoms with Crippen molar-refractivity contribution in [2.75, 3.05) is 19.6 Å². The van der Waals surface area contributed by atoms with E-state index in [0.717, 1.165) is 80.6 Å². The first-order valence-electron chi connectivity index (χ1n) is 13.6. The summed E-state index contributed by atoms with van der Waals surface area (Å²) in [5.41, 5.74) is 2.60. The smallest absolute Gasteiger partial charge is 0.234 e. The molecule has 1 aromatic carbocycles. The third kappa shape index (κ3) is 9.90. The summed E-state index contributed by atoms with van der Waals surface area (Å²) in [6, 6.07) is 10.5. The number of nitrogens with zero attached hydrogens (tertiary/aromatic N) is 3. The van der Waals surface area contributed by atoms with Crippen molar-refractivity contribution < 1.29 is 14.6 Å². The number of unbranched alkanes of at least 4 members (excludes halogenated alkanes) is 1. The van der Waals surface area contributed by atoms with Gasteiger partial charge >= 0.3 is 0 Å². The number of aromatic nitrogens is 2. The molecular formula is C29H45Cl2N3O3. The van der Waals surface area contributed by atoms with Gasteiger partial charge in [0.25, 0.3) is 0 Å². The maximum absolute atomic E-state index is 10.1. The van der Waals surface area contributed by atoms with Crippen LogP contribution >= 0.6 is 24.8 Å². The molecule has 1 N–H and O–H groups in total. The zero-order chi connectivity index (χ0) is 24.7. The number of hydrogen-bond acceptors (Lipinski definition) is 6. The van der Waals surface area contributed by atoms with E-state index in [4.69, 9.17) is 9.47 Å². The summed E-state index contributed by atoms with van der Waals surface area (Å²) >= 11 is 0. The summed E-state index contributed by atoms with van der Waals surface area (Å²) in [5, 5.41) is 19.1. The van der Waals surface area contributed by atoms with Crippen LogP contribution < -0.4 is 9.47 Å². The van der Waals surface area contributed by atoms with E-state index in [1.807, 2.05) is 13.8 Å². The van der Waals surface area contributed by atoms with Crippen molar-refractivity contribution in [1.82, 2.24) is 15.1 Å². The van der Waals surface area contributed by atoms with Gasteiger partial charge in [-0.1, -0.05) is 31.9 Å². The average Bonchev–Trinajstić information content (AvgIpc) is 2.85. The quantitative estimate of drug-likeness (QED) is 0.355. The Labute approximate surface area is 235 Å². The number of aryl methyl sites for hydroxylation is 1. The molecule has 1 aliphatic carbocycles. The van der Waals surface area contributed by atoms with Crippen molar-refractivity contribution in [2.24, 2.45) is 0 Å². The van der Waals surface area contributed by atoms with E-state index in [1.165, 1.54) is 19.3 Å². The van der Waals surface area contributed by atoms with Crippen LogP contribution in [0.4, 0.5) is 0 Å². The predicted molar refractivity (Wildman–Crippen MR) is 154 cm³/mol. The Hall–Kier alpha value is -1.60. The lowest BCUT2D eigenvalue weighted by molar-refractivity contribution is 0.0132. The number of rotatable bonds is 10. The molecule has 0 bridgehead atoms. The van der Waals surface area contributed by atoms with Crippen LogP contribution in [0.15, 0.2) is 30.3 Å². The second kappa shape index (κ2) is 15.1. The van der Waals surface area contributed by atoms with E-state index in [2.05, 4.69) is 52.4 Å². The molecule has 6 nitrogen and oxygen atoms in total. The molecule has 1 saturated carbocycles. The number of hydrogen-bond donors (Lipinski definition) is 1. The Morgan fingerprint density at radius 3 is 2.19 bits per heavy atom. The van der Waals surface area contributed by atoms with E-state index >= 15 is 0 Å². The zero-order valence-corrected chi connectivity index (χ0v) is 24.3. The van der Waals surface area contributed by atoms with Gasteiger partial charge in [-0.25, -0.2) is 0 Å². The first-order valence-corrected chi connectivity index (χ1v) is 13.6. The van der Waals surface area contributed by atoms with Crippen LogP contribution in [0.1, 0.15) is 84.3 Å². The first kappa shape index (κ1) is 31.6. The molecule has 4 rings (SSSR count). The van der Waals surface area contributed by atoms with Crippen LogP contribution in [0.3, 0.4) is 0 Å². The molecule has 2 aliphatic rings. The van der Waals surface area contributed by atoms with E-state index in [-0.39, 0.29) is 30.9 Å². The summed E-state index contributed by atoms with van der Waals surface area (Å²) in [6.07, 6.45) is 11.7. The third-order valence-corrected chi connectivity index (χ3v) is 7.07. The summed E-state index contributed by atoms with van der Waals surface area (Å²) < 4.78 is 12.5. The van der Waals surface area contributed by atoms with Gasteiger partial charge in [-0.15, -0.1) is 29.9 Å². The molecule has 8 heteroatoms. The van der Waals surface area contributed by atoms with Gasteiger partial charge in [-0.3, -0.25) is 0 Å². The van der Waals surface area contributed by atoms with Crippen LogP contribution in [-0.2, 0) is 6.42 Å². The van der Waals surface area contributed by atoms with Crippen molar-refractivity contribution in [3.63, 3.8) is 0 Å². The monoisotopic (exact) mass is 553 g/mol. The SMILES string of the molecule is CCCCc1nnc(OC2CCN(CC(C)(C)O)CC2)cc1-c1ccc(OC2CCCCC2)cc1.Cl.Cl. The number of halogens is 2. The predicted octanol–water partition coefficient (Wildman–Crippen LogP) is 6.66. The van der Waals surface area contributed by atoms with Gasteiger partial charge in [-0.05, 0) is 82.9 Å². The highest BCUT2D eigenvalue weighted by Crippen LogP contribution is 2.30. The molecule has 0 amide bonds. The molecule has 1 aromatic heterocycles. The molecular weight excluding hydrogens is 509 g/mol. The first-order chi connectivity index (χ1) is 16.9. The normalized spacial score (nSPS) is 17.5. The highest BCUT2D eigenvalue weighted by Gasteiger charge is 2.25. The van der Waals surface area contributed by atoms with E-state index < -0.39 is 5.60 Å². The largest absolute Gasteiger partial charge is 0.490 e. The molecule has 2 fully saturated rings. The van der Waals surface area contributed by atoms with Crippen LogP contribution in [0.2, 0.25) is 0 Å². The zero-order valence-electron chi connectivity index (χ0n) is 22.7. The lowest BCUT2D eigenvalue weighted by Gasteiger charge is -2.35. The maximum atomic E-state index is 10.1. The van der Waals surface area contributed by atoms with Crippen molar-refractivity contribution in [2.45, 2.75) is 103 Å². The Morgan fingerprint density at radius 1 is 0.919 bits per heavy atom. The third-order valence-electron chi connectivity index (χ3n) is 7.07. The topological polar surface area (TPSA) is 67.7 Å². The van der Waals surface area contributed by atoms with E-state index in [9.17, 15) is 5.11 Å². The molecule has 1 aliphatic heterocycles. The second-order valence-corrected chi connectivity index (χ2v) is 11.0. The highest BCUT2D eigenvalue weighted by molar-refractivity contribution is 5.85. The summed E-state index contributed by atoms with van der Waals surface area (Å²) in [4.78, 5) is 2.31. The lowest BCUT2D eigenvalue weighted by atomic mass is 9.97. The molecule has 1 saturated heterocycles. The summed E-state index contributed by atoms with van der Waals surface area (Å²) in [5.74, 6) is 1.55. The summed E-state index contributed by atoms with van der Waals surface area (Å²) in [7, 11) is 0. The highest BCUT2D eigenvalue weighted by atomic mass is 35.5. The average molecular weight is 555 g/mol. The van der Waals surface area contributed by atoms with Crippen molar-refractivity contribution >= 4 is 24.8 Å². The van der Waals surface area contributed by atoms with Crippen molar-refractivity contribution in [1.29, 1.82) is 0 Å². The maximum Gasteiger partial charge on any atom is 0.234 e. The van der Waals surface area contributed by atoms with Gasteiger partial charge in [0, 0.05) is 31.3 Å². The molecule has 2 aromatic rings. The van der Waals surface area contributed by atoms with Gasteiger partial charge in [0.05, 0.1) is 17.4 Å². The standard InChI is InChI=1S/C29H43N3O3.2ClH/c1-4-5-11-27-26(22-12-14-24(15-13-22)34-23-9-7-6-8-10-23)20-28(31-30-27)35-25-16-18-32(19-17-25)21-29(2,3)33;;/h12-15,20,23,25,33H,4-11,16-19,21H2,1-3H3;2*1H. The van der Waals surface area contributed by atoms with Gasteiger partial charge in [0.2, 0.25) is 5.88 Å².